The number of rotatable bonds is 46. The van der Waals surface area contributed by atoms with Crippen LogP contribution >= 0.6 is 0 Å². The molecule has 0 aliphatic rings. The van der Waals surface area contributed by atoms with Crippen molar-refractivity contribution in [2.75, 3.05) is 13.2 Å². The molecule has 340 valence electrons. The van der Waals surface area contributed by atoms with Crippen LogP contribution in [0.3, 0.4) is 0 Å². The smallest absolute Gasteiger partial charge is 0.306 e. The van der Waals surface area contributed by atoms with E-state index < -0.39 is 6.10 Å². The van der Waals surface area contributed by atoms with E-state index in [2.05, 4.69) is 45.1 Å². The summed E-state index contributed by atoms with van der Waals surface area (Å²) in [5, 5.41) is 0. The molecule has 1 atom stereocenters. The van der Waals surface area contributed by atoms with Gasteiger partial charge < -0.3 is 14.2 Å². The molecule has 0 aromatic rings. The highest BCUT2D eigenvalue weighted by Gasteiger charge is 2.19. The van der Waals surface area contributed by atoms with Gasteiger partial charge >= 0.3 is 17.9 Å². The third kappa shape index (κ3) is 45.0. The molecule has 58 heavy (non-hydrogen) atoms. The average molecular weight is 817 g/mol. The molecule has 0 aliphatic heterocycles. The Labute approximate surface area is 360 Å². The van der Waals surface area contributed by atoms with Crippen molar-refractivity contribution in [3.8, 4) is 0 Å². The molecule has 0 rings (SSSR count). The topological polar surface area (TPSA) is 78.9 Å². The van der Waals surface area contributed by atoms with Gasteiger partial charge in [-0.2, -0.15) is 0 Å². The predicted molar refractivity (Wildman–Crippen MR) is 247 cm³/mol. The first-order valence-electron chi connectivity index (χ1n) is 25.3. The molecule has 6 heteroatoms. The number of hydrogen-bond acceptors (Lipinski definition) is 6. The molecule has 0 amide bonds. The lowest BCUT2D eigenvalue weighted by atomic mass is 10.0. The molecule has 0 fully saturated rings. The molecule has 0 radical (unpaired) electrons. The number of esters is 3. The summed E-state index contributed by atoms with van der Waals surface area (Å²) in [4.78, 5) is 37.9. The number of allylic oxidation sites excluding steroid dienone is 4. The molecular weight excluding hydrogens is 721 g/mol. The standard InChI is InChI=1S/C52H96O6/c1-4-7-10-13-16-19-22-25-26-28-30-33-36-39-42-45-51(54)57-48-49(47-56-50(53)44-41-38-35-32-29-24-21-18-15-12-9-6-3)58-52(55)46-43-40-37-34-31-27-23-20-17-14-11-8-5-2/h11,14,20,23,49H,4-10,12-13,15-19,21-22,24-48H2,1-3H3/b14-11-,23-20-. The van der Waals surface area contributed by atoms with Crippen molar-refractivity contribution < 1.29 is 28.6 Å². The number of carbonyl (C=O) groups excluding carboxylic acids is 3. The van der Waals surface area contributed by atoms with Crippen LogP contribution in [0.1, 0.15) is 271 Å². The fourth-order valence-corrected chi connectivity index (χ4v) is 7.36. The van der Waals surface area contributed by atoms with E-state index in [0.717, 1.165) is 89.9 Å². The maximum atomic E-state index is 12.8. The Hall–Kier alpha value is -2.11. The minimum absolute atomic E-state index is 0.0723. The van der Waals surface area contributed by atoms with Crippen LogP contribution in [0.15, 0.2) is 24.3 Å². The van der Waals surface area contributed by atoms with Crippen LogP contribution in [0.2, 0.25) is 0 Å². The summed E-state index contributed by atoms with van der Waals surface area (Å²) in [6.07, 6.45) is 53.0. The second-order valence-corrected chi connectivity index (χ2v) is 17.1. The summed E-state index contributed by atoms with van der Waals surface area (Å²) in [6, 6.07) is 0. The van der Waals surface area contributed by atoms with Gasteiger partial charge in [0.1, 0.15) is 13.2 Å². The molecule has 0 bridgehead atoms. The van der Waals surface area contributed by atoms with Gasteiger partial charge in [-0.25, -0.2) is 0 Å². The van der Waals surface area contributed by atoms with Gasteiger partial charge in [-0.3, -0.25) is 14.4 Å². The first-order valence-corrected chi connectivity index (χ1v) is 25.3. The summed E-state index contributed by atoms with van der Waals surface area (Å²) < 4.78 is 16.8. The van der Waals surface area contributed by atoms with E-state index in [9.17, 15) is 14.4 Å². The first-order chi connectivity index (χ1) is 28.5. The van der Waals surface area contributed by atoms with Gasteiger partial charge in [0.25, 0.3) is 0 Å². The van der Waals surface area contributed by atoms with Gasteiger partial charge in [0.2, 0.25) is 0 Å². The third-order valence-electron chi connectivity index (χ3n) is 11.2. The van der Waals surface area contributed by atoms with Gasteiger partial charge in [0.15, 0.2) is 6.10 Å². The Morgan fingerprint density at radius 2 is 0.655 bits per heavy atom. The zero-order valence-corrected chi connectivity index (χ0v) is 38.8. The summed E-state index contributed by atoms with van der Waals surface area (Å²) in [5.74, 6) is -0.874. The van der Waals surface area contributed by atoms with Crippen molar-refractivity contribution in [1.29, 1.82) is 0 Å². The molecule has 0 saturated carbocycles. The molecule has 0 aromatic heterocycles. The highest BCUT2D eigenvalue weighted by Crippen LogP contribution is 2.16. The molecule has 0 N–H and O–H groups in total. The Bertz CT molecular complexity index is 942. The first kappa shape index (κ1) is 55.9. The quantitative estimate of drug-likeness (QED) is 0.0263. The Kier molecular flexibility index (Phi) is 45.8. The highest BCUT2D eigenvalue weighted by atomic mass is 16.6. The normalized spacial score (nSPS) is 12.1. The third-order valence-corrected chi connectivity index (χ3v) is 11.2. The number of carbonyl (C=O) groups is 3. The maximum absolute atomic E-state index is 12.8. The van der Waals surface area contributed by atoms with Crippen LogP contribution in [-0.4, -0.2) is 37.2 Å². The van der Waals surface area contributed by atoms with Crippen LogP contribution in [0.25, 0.3) is 0 Å². The largest absolute Gasteiger partial charge is 0.462 e. The van der Waals surface area contributed by atoms with E-state index in [0.29, 0.717) is 19.3 Å². The van der Waals surface area contributed by atoms with E-state index in [1.165, 1.54) is 141 Å². The number of ether oxygens (including phenoxy) is 3. The van der Waals surface area contributed by atoms with Crippen LogP contribution in [-0.2, 0) is 28.6 Å². The van der Waals surface area contributed by atoms with Crippen molar-refractivity contribution >= 4 is 17.9 Å². The van der Waals surface area contributed by atoms with Crippen LogP contribution < -0.4 is 0 Å². The van der Waals surface area contributed by atoms with Crippen molar-refractivity contribution in [3.05, 3.63) is 24.3 Å². The second-order valence-electron chi connectivity index (χ2n) is 17.1. The van der Waals surface area contributed by atoms with Crippen molar-refractivity contribution in [2.24, 2.45) is 0 Å². The monoisotopic (exact) mass is 817 g/mol. The highest BCUT2D eigenvalue weighted by molar-refractivity contribution is 5.71. The predicted octanol–water partition coefficient (Wildman–Crippen LogP) is 16.4. The van der Waals surface area contributed by atoms with E-state index in [4.69, 9.17) is 14.2 Å². The van der Waals surface area contributed by atoms with Crippen LogP contribution in [0, 0.1) is 0 Å². The molecule has 0 spiro atoms. The van der Waals surface area contributed by atoms with Gasteiger partial charge in [0, 0.05) is 19.3 Å². The lowest BCUT2D eigenvalue weighted by Gasteiger charge is -2.18. The zero-order chi connectivity index (χ0) is 42.3. The van der Waals surface area contributed by atoms with E-state index in [-0.39, 0.29) is 31.1 Å². The van der Waals surface area contributed by atoms with Gasteiger partial charge in [0.05, 0.1) is 0 Å². The number of unbranched alkanes of at least 4 members (excludes halogenated alkanes) is 31. The van der Waals surface area contributed by atoms with E-state index >= 15 is 0 Å². The van der Waals surface area contributed by atoms with Crippen LogP contribution in [0.4, 0.5) is 0 Å². The Morgan fingerprint density at radius 1 is 0.345 bits per heavy atom. The van der Waals surface area contributed by atoms with Gasteiger partial charge in [-0.15, -0.1) is 0 Å². The van der Waals surface area contributed by atoms with Crippen molar-refractivity contribution in [1.82, 2.24) is 0 Å². The molecule has 0 saturated heterocycles. The SMILES string of the molecule is CCC/C=C\C/C=C\CCCCCCCC(=O)OC(COC(=O)CCCCCCCCCCCCCC)COC(=O)CCCCCCCCCCCCCCCCC. The summed E-state index contributed by atoms with van der Waals surface area (Å²) in [5.41, 5.74) is 0. The van der Waals surface area contributed by atoms with Crippen molar-refractivity contribution in [2.45, 2.75) is 277 Å². The minimum atomic E-state index is -0.771. The van der Waals surface area contributed by atoms with E-state index in [1.54, 1.807) is 0 Å². The second kappa shape index (κ2) is 47.6. The van der Waals surface area contributed by atoms with Crippen molar-refractivity contribution in [3.63, 3.8) is 0 Å². The lowest BCUT2D eigenvalue weighted by molar-refractivity contribution is -0.167. The fourth-order valence-electron chi connectivity index (χ4n) is 7.36. The Balaban J connectivity index is 4.34. The summed E-state index contributed by atoms with van der Waals surface area (Å²) in [7, 11) is 0. The molecule has 0 aromatic carbocycles. The van der Waals surface area contributed by atoms with Gasteiger partial charge in [-0.1, -0.05) is 231 Å². The average Bonchev–Trinajstić information content (AvgIpc) is 3.22. The summed E-state index contributed by atoms with van der Waals surface area (Å²) in [6.45, 7) is 6.58. The molecule has 1 unspecified atom stereocenters. The van der Waals surface area contributed by atoms with Crippen LogP contribution in [0.5, 0.6) is 0 Å². The zero-order valence-electron chi connectivity index (χ0n) is 38.8. The van der Waals surface area contributed by atoms with E-state index in [1.807, 2.05) is 0 Å². The summed E-state index contributed by atoms with van der Waals surface area (Å²) >= 11 is 0. The molecule has 0 heterocycles. The Morgan fingerprint density at radius 3 is 1.02 bits per heavy atom. The fraction of sp³-hybridized carbons (Fsp3) is 0.865. The molecular formula is C52H96O6. The lowest BCUT2D eigenvalue weighted by Crippen LogP contribution is -2.30. The number of hydrogen-bond donors (Lipinski definition) is 0. The van der Waals surface area contributed by atoms with Gasteiger partial charge in [-0.05, 0) is 44.9 Å². The molecule has 0 aliphatic carbocycles. The minimum Gasteiger partial charge on any atom is -0.462 e. The maximum Gasteiger partial charge on any atom is 0.306 e. The molecule has 6 nitrogen and oxygen atoms in total.